The van der Waals surface area contributed by atoms with Gasteiger partial charge in [0.1, 0.15) is 0 Å². The number of rotatable bonds is 4. The minimum atomic E-state index is -0.405. The lowest BCUT2D eigenvalue weighted by atomic mass is 9.92. The molecule has 0 N–H and O–H groups in total. The molecule has 0 spiro atoms. The number of hydrogen-bond acceptors (Lipinski definition) is 3. The van der Waals surface area contributed by atoms with Crippen molar-refractivity contribution in [3.63, 3.8) is 0 Å². The van der Waals surface area contributed by atoms with Crippen molar-refractivity contribution in [3.05, 3.63) is 35.9 Å². The Labute approximate surface area is 94.4 Å². The van der Waals surface area contributed by atoms with Crippen LogP contribution in [0.4, 0.5) is 0 Å². The summed E-state index contributed by atoms with van der Waals surface area (Å²) in [6, 6.07) is 9.69. The van der Waals surface area contributed by atoms with Crippen LogP contribution in [0.3, 0.4) is 0 Å². The van der Waals surface area contributed by atoms with Crippen LogP contribution >= 0.6 is 0 Å². The standard InChI is InChI=1S/C13H14O3/c1-10(14)16-9-12(15)13(7-8-13)11-5-3-2-4-6-11/h2-6H,7-9H2,1H3. The second-order valence-electron chi connectivity index (χ2n) is 4.15. The van der Waals surface area contributed by atoms with Crippen LogP contribution in [0.1, 0.15) is 25.3 Å². The van der Waals surface area contributed by atoms with Crippen LogP contribution in [0.2, 0.25) is 0 Å². The van der Waals surface area contributed by atoms with E-state index in [1.165, 1.54) is 6.92 Å². The molecule has 0 heterocycles. The van der Waals surface area contributed by atoms with E-state index in [1.54, 1.807) is 0 Å². The molecule has 1 saturated carbocycles. The second-order valence-corrected chi connectivity index (χ2v) is 4.15. The van der Waals surface area contributed by atoms with Crippen molar-refractivity contribution in [2.45, 2.75) is 25.2 Å². The van der Waals surface area contributed by atoms with Gasteiger partial charge in [0.2, 0.25) is 0 Å². The minimum Gasteiger partial charge on any atom is -0.458 e. The summed E-state index contributed by atoms with van der Waals surface area (Å²) in [6.07, 6.45) is 1.72. The molecule has 16 heavy (non-hydrogen) atoms. The number of hydrogen-bond donors (Lipinski definition) is 0. The molecular formula is C13H14O3. The van der Waals surface area contributed by atoms with Crippen LogP contribution < -0.4 is 0 Å². The fraction of sp³-hybridized carbons (Fsp3) is 0.385. The quantitative estimate of drug-likeness (QED) is 0.724. The van der Waals surface area contributed by atoms with E-state index in [0.717, 1.165) is 18.4 Å². The van der Waals surface area contributed by atoms with Gasteiger partial charge in [-0.25, -0.2) is 0 Å². The van der Waals surface area contributed by atoms with E-state index < -0.39 is 5.97 Å². The van der Waals surface area contributed by atoms with Crippen LogP contribution in [0.25, 0.3) is 0 Å². The van der Waals surface area contributed by atoms with Gasteiger partial charge in [0.15, 0.2) is 12.4 Å². The monoisotopic (exact) mass is 218 g/mol. The Morgan fingerprint density at radius 3 is 2.38 bits per heavy atom. The third kappa shape index (κ3) is 1.98. The largest absolute Gasteiger partial charge is 0.458 e. The fourth-order valence-corrected chi connectivity index (χ4v) is 1.92. The first-order chi connectivity index (χ1) is 7.65. The van der Waals surface area contributed by atoms with Gasteiger partial charge in [0, 0.05) is 6.92 Å². The first-order valence-corrected chi connectivity index (χ1v) is 5.37. The summed E-state index contributed by atoms with van der Waals surface area (Å²) in [6.45, 7) is 1.21. The zero-order valence-corrected chi connectivity index (χ0v) is 9.23. The van der Waals surface area contributed by atoms with E-state index in [-0.39, 0.29) is 17.8 Å². The van der Waals surface area contributed by atoms with Crippen LogP contribution in [0.15, 0.2) is 30.3 Å². The average Bonchev–Trinajstić information content (AvgIpc) is 3.08. The van der Waals surface area contributed by atoms with Crippen molar-refractivity contribution in [1.82, 2.24) is 0 Å². The Hall–Kier alpha value is -1.64. The van der Waals surface area contributed by atoms with Crippen molar-refractivity contribution in [3.8, 4) is 0 Å². The molecule has 1 fully saturated rings. The smallest absolute Gasteiger partial charge is 0.303 e. The van der Waals surface area contributed by atoms with Gasteiger partial charge in [0.25, 0.3) is 0 Å². The highest BCUT2D eigenvalue weighted by Gasteiger charge is 2.50. The Bertz CT molecular complexity index is 404. The number of carbonyl (C=O) groups excluding carboxylic acids is 2. The molecule has 0 aliphatic heterocycles. The van der Waals surface area contributed by atoms with Crippen LogP contribution in [0, 0.1) is 0 Å². The van der Waals surface area contributed by atoms with E-state index in [1.807, 2.05) is 30.3 Å². The van der Waals surface area contributed by atoms with Crippen molar-refractivity contribution in [2.24, 2.45) is 0 Å². The van der Waals surface area contributed by atoms with Gasteiger partial charge in [-0.05, 0) is 18.4 Å². The van der Waals surface area contributed by atoms with Gasteiger partial charge in [-0.2, -0.15) is 0 Å². The van der Waals surface area contributed by atoms with Crippen LogP contribution in [-0.4, -0.2) is 18.4 Å². The molecule has 1 aromatic carbocycles. The van der Waals surface area contributed by atoms with Crippen molar-refractivity contribution < 1.29 is 14.3 Å². The van der Waals surface area contributed by atoms with Crippen LogP contribution in [0.5, 0.6) is 0 Å². The molecule has 0 bridgehead atoms. The average molecular weight is 218 g/mol. The van der Waals surface area contributed by atoms with Crippen molar-refractivity contribution in [1.29, 1.82) is 0 Å². The van der Waals surface area contributed by atoms with E-state index >= 15 is 0 Å². The molecule has 3 nitrogen and oxygen atoms in total. The molecular weight excluding hydrogens is 204 g/mol. The summed E-state index contributed by atoms with van der Waals surface area (Å²) in [5.74, 6) is -0.397. The van der Waals surface area contributed by atoms with Gasteiger partial charge < -0.3 is 4.74 Å². The molecule has 84 valence electrons. The van der Waals surface area contributed by atoms with Gasteiger partial charge in [-0.3, -0.25) is 9.59 Å². The van der Waals surface area contributed by atoms with E-state index in [2.05, 4.69) is 0 Å². The zero-order chi connectivity index (χ0) is 11.6. The Morgan fingerprint density at radius 2 is 1.88 bits per heavy atom. The first-order valence-electron chi connectivity index (χ1n) is 5.37. The number of esters is 1. The third-order valence-corrected chi connectivity index (χ3v) is 3.02. The molecule has 1 aliphatic rings. The van der Waals surface area contributed by atoms with Crippen molar-refractivity contribution in [2.75, 3.05) is 6.61 Å². The lowest BCUT2D eigenvalue weighted by molar-refractivity contribution is -0.146. The number of ketones is 1. The summed E-state index contributed by atoms with van der Waals surface area (Å²) in [4.78, 5) is 22.6. The number of carbonyl (C=O) groups is 2. The van der Waals surface area contributed by atoms with Gasteiger partial charge in [-0.1, -0.05) is 30.3 Å². The highest BCUT2D eigenvalue weighted by Crippen LogP contribution is 2.48. The summed E-state index contributed by atoms with van der Waals surface area (Å²) < 4.78 is 4.76. The Balaban J connectivity index is 2.09. The highest BCUT2D eigenvalue weighted by atomic mass is 16.5. The Kier molecular flexibility index (Phi) is 2.77. The van der Waals surface area contributed by atoms with Gasteiger partial charge in [0.05, 0.1) is 5.41 Å². The summed E-state index contributed by atoms with van der Waals surface area (Å²) in [7, 11) is 0. The third-order valence-electron chi connectivity index (χ3n) is 3.02. The maximum absolute atomic E-state index is 12.0. The maximum Gasteiger partial charge on any atom is 0.303 e. The maximum atomic E-state index is 12.0. The van der Waals surface area contributed by atoms with Crippen LogP contribution in [-0.2, 0) is 19.7 Å². The second kappa shape index (κ2) is 4.08. The first kappa shape index (κ1) is 10.9. The molecule has 0 unspecified atom stereocenters. The molecule has 0 amide bonds. The SMILES string of the molecule is CC(=O)OCC(=O)C1(c2ccccc2)CC1. The highest BCUT2D eigenvalue weighted by molar-refractivity contribution is 5.94. The zero-order valence-electron chi connectivity index (χ0n) is 9.23. The fourth-order valence-electron chi connectivity index (χ4n) is 1.92. The molecule has 0 aromatic heterocycles. The van der Waals surface area contributed by atoms with Gasteiger partial charge >= 0.3 is 5.97 Å². The normalized spacial score (nSPS) is 16.6. The molecule has 1 aromatic rings. The lowest BCUT2D eigenvalue weighted by Crippen LogP contribution is -2.26. The van der Waals surface area contributed by atoms with E-state index in [4.69, 9.17) is 4.74 Å². The molecule has 2 rings (SSSR count). The molecule has 1 aliphatic carbocycles. The predicted octanol–water partition coefficient (Wildman–Crippen LogP) is 1.85. The lowest BCUT2D eigenvalue weighted by Gasteiger charge is -2.13. The topological polar surface area (TPSA) is 43.4 Å². The van der Waals surface area contributed by atoms with Crippen molar-refractivity contribution >= 4 is 11.8 Å². The number of benzene rings is 1. The molecule has 0 radical (unpaired) electrons. The molecule has 0 atom stereocenters. The summed E-state index contributed by atoms with van der Waals surface area (Å²) in [5, 5.41) is 0. The van der Waals surface area contributed by atoms with Gasteiger partial charge in [-0.15, -0.1) is 0 Å². The predicted molar refractivity (Wildman–Crippen MR) is 59.0 cm³/mol. The summed E-state index contributed by atoms with van der Waals surface area (Å²) >= 11 is 0. The van der Waals surface area contributed by atoms with E-state index in [9.17, 15) is 9.59 Å². The minimum absolute atomic E-state index is 0.00824. The van der Waals surface area contributed by atoms with E-state index in [0.29, 0.717) is 0 Å². The Morgan fingerprint density at radius 1 is 1.25 bits per heavy atom. The molecule has 0 saturated heterocycles. The summed E-state index contributed by atoms with van der Waals surface area (Å²) in [5.41, 5.74) is 0.656. The number of Topliss-reactive ketones (excluding diaryl/α,β-unsaturated/α-hetero) is 1. The number of ether oxygens (including phenoxy) is 1. The molecule has 3 heteroatoms.